The van der Waals surface area contributed by atoms with Crippen molar-refractivity contribution in [2.24, 2.45) is 15.2 Å². The third-order valence-electron chi connectivity index (χ3n) is 13.3. The predicted octanol–water partition coefficient (Wildman–Crippen LogP) is 6.10. The molecule has 1 saturated heterocycles. The van der Waals surface area contributed by atoms with Gasteiger partial charge in [0, 0.05) is 101 Å². The second kappa shape index (κ2) is 33.2. The fourth-order valence-electron chi connectivity index (χ4n) is 9.31. The summed E-state index contributed by atoms with van der Waals surface area (Å²) in [5.74, 6) is 2.85. The molecule has 0 bridgehead atoms. The number of azide groups is 2. The minimum absolute atomic E-state index is 0.000312. The lowest BCUT2D eigenvalue weighted by Gasteiger charge is -2.21. The van der Waals surface area contributed by atoms with Crippen molar-refractivity contribution in [1.82, 2.24) is 25.5 Å². The Morgan fingerprint density at radius 1 is 0.894 bits per heavy atom. The SMILES string of the molecule is CCN=c1cc2oc3cc(NCC)c(C)cc3c(-c3cc(C(=O)NCCNC(=O)c4cccc(OCC(N=[N+]=[N-])OCCOCC(=O)NCC#Cc5cn([C@H]6CC(OCN=[N+]=[N-])[C@@H](COP(=O)(O)OP(=O)(O)OP(C)(=O)O)O6)c(=O)[nH]c5=O)c4)ccc3C(=O)O)c-2cc1C. The lowest BCUT2D eigenvalue weighted by molar-refractivity contribution is -0.126. The third-order valence-corrected chi connectivity index (χ3v) is 17.5. The highest BCUT2D eigenvalue weighted by molar-refractivity contribution is 7.68. The van der Waals surface area contributed by atoms with E-state index < -0.39 is 103 Å². The summed E-state index contributed by atoms with van der Waals surface area (Å²) in [4.78, 5) is 119. The van der Waals surface area contributed by atoms with Gasteiger partial charge in [0.2, 0.25) is 5.91 Å². The van der Waals surface area contributed by atoms with Gasteiger partial charge in [-0.05, 0) is 104 Å². The van der Waals surface area contributed by atoms with Gasteiger partial charge < -0.3 is 69.2 Å². The van der Waals surface area contributed by atoms with Gasteiger partial charge in [0.05, 0.1) is 43.4 Å². The zero-order chi connectivity index (χ0) is 68.3. The summed E-state index contributed by atoms with van der Waals surface area (Å²) in [7, 11) is -15.8. The number of anilines is 1. The van der Waals surface area contributed by atoms with Gasteiger partial charge in [-0.2, -0.15) is 4.31 Å². The molecule has 7 rings (SSSR count). The van der Waals surface area contributed by atoms with E-state index in [-0.39, 0.29) is 73.9 Å². The number of carbonyl (C=O) groups is 4. The van der Waals surface area contributed by atoms with Gasteiger partial charge in [0.25, 0.3) is 17.4 Å². The first-order valence-corrected chi connectivity index (χ1v) is 33.3. The Bertz CT molecular complexity index is 4300. The van der Waals surface area contributed by atoms with Crippen LogP contribution < -0.4 is 42.6 Å². The van der Waals surface area contributed by atoms with Crippen molar-refractivity contribution < 1.29 is 93.9 Å². The molecule has 0 spiro atoms. The average molecular weight is 1360 g/mol. The number of phosphoric acid groups is 2. The molecule has 1 aliphatic carbocycles. The first-order valence-electron chi connectivity index (χ1n) is 28.3. The van der Waals surface area contributed by atoms with E-state index in [0.717, 1.165) is 32.9 Å². The second-order valence-electron chi connectivity index (χ2n) is 20.2. The van der Waals surface area contributed by atoms with Gasteiger partial charge in [-0.3, -0.25) is 42.8 Å². The standard InChI is InChI=1S/C56H64N13O22P3/c1-6-59-42-24-44-40(20-32(42)3)51(41-21-33(4)43(60-7-2)25-45(41)88-44)39-23-35(13-14-38(39)55(74)75)53(72)63-17-16-62-52(71)34-10-8-12-37(22-34)85-30-49(66-68-58)84-19-18-83-29-48(70)61-15-9-11-36-27-69(56(76)65-54(36)73)50-26-46(86-31-64-67-57)47(89-50)28-87-93(79,80)91-94(81,82)90-92(5,77)78/h8,10,12-14,20-25,27,46-47,49-50,59H,6-7,15-19,26,28-31H2,1-5H3,(H,61,70)(H,62,71)(H,63,72)(H,74,75)(H,77,78)(H,79,80)(H,81,82)(H,65,73,76)/t46?,47-,49?,50-/m1/s1. The summed E-state index contributed by atoms with van der Waals surface area (Å²) in [6.07, 6.45) is -4.26. The summed E-state index contributed by atoms with van der Waals surface area (Å²) in [5.41, 5.74) is 20.5. The number of fused-ring (bicyclic) bond motifs is 2. The maximum Gasteiger partial charge on any atom is 0.488 e. The van der Waals surface area contributed by atoms with E-state index in [9.17, 15) is 62.2 Å². The van der Waals surface area contributed by atoms with Crippen molar-refractivity contribution >= 4 is 63.6 Å². The van der Waals surface area contributed by atoms with Crippen LogP contribution in [-0.2, 0) is 50.6 Å². The summed E-state index contributed by atoms with van der Waals surface area (Å²) in [5, 5.41) is 29.9. The molecule has 500 valence electrons. The van der Waals surface area contributed by atoms with E-state index in [0.29, 0.717) is 53.2 Å². The molecule has 94 heavy (non-hydrogen) atoms. The molecule has 0 radical (unpaired) electrons. The summed E-state index contributed by atoms with van der Waals surface area (Å²) in [6, 6.07) is 17.9. The molecule has 1 aromatic heterocycles. The average Bonchev–Trinajstić information content (AvgIpc) is 0.859. The monoisotopic (exact) mass is 1360 g/mol. The van der Waals surface area contributed by atoms with Crippen LogP contribution in [0.2, 0.25) is 0 Å². The molecular weight excluding hydrogens is 1300 g/mol. The Morgan fingerprint density at radius 2 is 1.64 bits per heavy atom. The predicted molar refractivity (Wildman–Crippen MR) is 333 cm³/mol. The van der Waals surface area contributed by atoms with Gasteiger partial charge in [-0.1, -0.05) is 28.1 Å². The first kappa shape index (κ1) is 72.4. The van der Waals surface area contributed by atoms with Crippen LogP contribution in [0.25, 0.3) is 54.3 Å². The highest BCUT2D eigenvalue weighted by atomic mass is 31.3. The Labute approximate surface area is 533 Å². The highest BCUT2D eigenvalue weighted by Crippen LogP contribution is 2.66. The largest absolute Gasteiger partial charge is 0.491 e. The summed E-state index contributed by atoms with van der Waals surface area (Å²) < 4.78 is 83.6. The highest BCUT2D eigenvalue weighted by Gasteiger charge is 2.43. The molecule has 38 heteroatoms. The maximum atomic E-state index is 13.7. The number of aryl methyl sites for hydroxylation is 2. The number of carboxylic acids is 1. The van der Waals surface area contributed by atoms with Gasteiger partial charge in [0.15, 0.2) is 6.23 Å². The lowest BCUT2D eigenvalue weighted by atomic mass is 9.88. The molecule has 0 saturated carbocycles. The number of nitrogens with one attached hydrogen (secondary N) is 5. The lowest BCUT2D eigenvalue weighted by Crippen LogP contribution is -2.34. The Morgan fingerprint density at radius 3 is 2.33 bits per heavy atom. The van der Waals surface area contributed by atoms with E-state index in [1.165, 1.54) is 30.3 Å². The van der Waals surface area contributed by atoms with Crippen molar-refractivity contribution in [1.29, 1.82) is 0 Å². The summed E-state index contributed by atoms with van der Waals surface area (Å²) >= 11 is 0. The van der Waals surface area contributed by atoms with Crippen molar-refractivity contribution in [2.45, 2.75) is 58.8 Å². The topological polar surface area (TPSA) is 500 Å². The van der Waals surface area contributed by atoms with Crippen molar-refractivity contribution in [3.05, 3.63) is 153 Å². The van der Waals surface area contributed by atoms with Gasteiger partial charge >= 0.3 is 34.9 Å². The Kier molecular flexibility index (Phi) is 25.6. The van der Waals surface area contributed by atoms with E-state index >= 15 is 0 Å². The molecule has 7 atom stereocenters. The van der Waals surface area contributed by atoms with Crippen LogP contribution in [0.5, 0.6) is 5.75 Å². The van der Waals surface area contributed by atoms with Crippen LogP contribution in [0.4, 0.5) is 5.69 Å². The number of carboxylic acid groups (broad SMARTS) is 1. The van der Waals surface area contributed by atoms with Crippen LogP contribution in [-0.4, -0.2) is 151 Å². The van der Waals surface area contributed by atoms with E-state index in [1.54, 1.807) is 12.1 Å². The van der Waals surface area contributed by atoms with E-state index in [4.69, 9.17) is 43.7 Å². The van der Waals surface area contributed by atoms with Crippen molar-refractivity contribution in [3.63, 3.8) is 0 Å². The number of aromatic carboxylic acids is 1. The fourth-order valence-corrected chi connectivity index (χ4v) is 12.8. The quantitative estimate of drug-likeness (QED) is 0.00438. The van der Waals surface area contributed by atoms with Crippen LogP contribution >= 0.6 is 23.2 Å². The van der Waals surface area contributed by atoms with Crippen LogP contribution in [0.15, 0.2) is 102 Å². The molecule has 2 aliphatic heterocycles. The number of ether oxygens (including phenoxy) is 5. The van der Waals surface area contributed by atoms with Crippen LogP contribution in [0, 0.1) is 25.7 Å². The normalized spacial score (nSPS) is 16.8. The second-order valence-corrected chi connectivity index (χ2v) is 25.2. The molecule has 3 aromatic carbocycles. The first-order chi connectivity index (χ1) is 44.7. The van der Waals surface area contributed by atoms with E-state index in [2.05, 4.69) is 66.8 Å². The fraction of sp³-hybridized carbons (Fsp3) is 0.375. The van der Waals surface area contributed by atoms with E-state index in [1.807, 2.05) is 56.9 Å². The number of hydrogen-bond acceptors (Lipinski definition) is 22. The number of H-pyrrole nitrogens is 1. The van der Waals surface area contributed by atoms with Gasteiger partial charge in [0.1, 0.15) is 54.9 Å². The Hall–Kier alpha value is -9.02. The molecule has 3 amide bonds. The molecular formula is C56H64N13O22P3. The molecule has 1 fully saturated rings. The molecule has 35 nitrogen and oxygen atoms in total. The molecule has 3 heterocycles. The number of hydrogen-bond donors (Lipinski definition) is 9. The molecule has 9 N–H and O–H groups in total. The van der Waals surface area contributed by atoms with Crippen molar-refractivity contribution in [3.8, 4) is 40.0 Å². The smallest absolute Gasteiger partial charge is 0.488 e. The summed E-state index contributed by atoms with van der Waals surface area (Å²) in [6.45, 7) is 6.45. The van der Waals surface area contributed by atoms with Gasteiger partial charge in [-0.15, -0.1) is 0 Å². The zero-order valence-corrected chi connectivity index (χ0v) is 53.5. The number of phosphoric ester groups is 1. The number of aromatic amines is 1. The molecule has 5 unspecified atom stereocenters. The Balaban J connectivity index is 0.861. The number of aromatic nitrogens is 2. The van der Waals surface area contributed by atoms with Crippen LogP contribution in [0.1, 0.15) is 74.3 Å². The third kappa shape index (κ3) is 20.5. The maximum absolute atomic E-state index is 13.7. The van der Waals surface area contributed by atoms with Crippen LogP contribution in [0.3, 0.4) is 0 Å². The molecule has 4 aromatic rings. The minimum atomic E-state index is -5.62. The number of rotatable bonds is 32. The minimum Gasteiger partial charge on any atom is -0.491 e. The number of benzene rings is 4. The molecule has 3 aliphatic rings. The van der Waals surface area contributed by atoms with Crippen molar-refractivity contribution in [2.75, 3.05) is 84.5 Å². The number of nitrogens with zero attached hydrogens (tertiary/aromatic N) is 8. The number of amides is 3. The number of carbonyl (C=O) groups excluding carboxylic acids is 3. The van der Waals surface area contributed by atoms with Gasteiger partial charge in [-0.25, -0.2) is 23.0 Å². The zero-order valence-electron chi connectivity index (χ0n) is 50.8.